The van der Waals surface area contributed by atoms with E-state index in [9.17, 15) is 0 Å². The summed E-state index contributed by atoms with van der Waals surface area (Å²) in [5.74, 6) is 0.775. The number of hydrogen-bond acceptors (Lipinski definition) is 1. The molecule has 7 aromatic carbocycles. The first-order chi connectivity index (χ1) is 23.8. The second-order valence-electron chi connectivity index (χ2n) is 15.4. The third-order valence-electron chi connectivity index (χ3n) is 12.1. The zero-order valence-electron chi connectivity index (χ0n) is 28.4. The highest BCUT2D eigenvalue weighted by molar-refractivity contribution is 7.25. The third kappa shape index (κ3) is 4.15. The summed E-state index contributed by atoms with van der Waals surface area (Å²) < 4.78 is 2.70. The molecule has 2 unspecified atom stereocenters. The smallest absolute Gasteiger partial charge is 0.0355 e. The van der Waals surface area contributed by atoms with Gasteiger partial charge in [0.25, 0.3) is 0 Å². The van der Waals surface area contributed by atoms with Crippen molar-refractivity contribution in [3.05, 3.63) is 162 Å². The first-order valence-corrected chi connectivity index (χ1v) is 18.4. The van der Waals surface area contributed by atoms with Crippen molar-refractivity contribution in [3.8, 4) is 11.1 Å². The van der Waals surface area contributed by atoms with E-state index in [0.29, 0.717) is 11.8 Å². The summed E-state index contributed by atoms with van der Waals surface area (Å²) in [6.45, 7) is 9.92. The topological polar surface area (TPSA) is 0 Å². The zero-order valence-corrected chi connectivity index (χ0v) is 29.2. The maximum absolute atomic E-state index is 2.60. The van der Waals surface area contributed by atoms with Crippen LogP contribution in [0.1, 0.15) is 44.4 Å². The van der Waals surface area contributed by atoms with Gasteiger partial charge in [-0.3, -0.25) is 0 Å². The standard InChI is InChI=1S/C48H38S/c1-47(2)41-22-20-32(30-13-11-12-29(24-30)31-21-23-46-40(25-31)37-18-9-10-19-45(37)49-46)26-42(41)48(3,4)44-28-39-36-17-8-6-15-34(36)33-14-5-7-16-35(33)38(39)27-43(44)47/h5-28,41-42H,1-4H3. The minimum absolute atomic E-state index is 0.0183. The molecule has 0 fully saturated rings. The van der Waals surface area contributed by atoms with E-state index in [-0.39, 0.29) is 10.8 Å². The number of thiophene rings is 1. The normalized spacial score (nSPS) is 19.4. The Kier molecular flexibility index (Phi) is 6.07. The van der Waals surface area contributed by atoms with Gasteiger partial charge >= 0.3 is 0 Å². The van der Waals surface area contributed by atoms with E-state index in [0.717, 1.165) is 0 Å². The van der Waals surface area contributed by atoms with Gasteiger partial charge < -0.3 is 0 Å². The first-order valence-electron chi connectivity index (χ1n) is 17.6. The average molecular weight is 647 g/mol. The van der Waals surface area contributed by atoms with Crippen LogP contribution in [0.5, 0.6) is 0 Å². The van der Waals surface area contributed by atoms with Gasteiger partial charge in [0.05, 0.1) is 0 Å². The molecule has 1 aromatic heterocycles. The summed E-state index contributed by atoms with van der Waals surface area (Å²) in [5.41, 5.74) is 8.08. The van der Waals surface area contributed by atoms with Crippen LogP contribution in [-0.4, -0.2) is 0 Å². The van der Waals surface area contributed by atoms with Crippen LogP contribution in [0.25, 0.3) is 69.2 Å². The second-order valence-corrected chi connectivity index (χ2v) is 16.5. The summed E-state index contributed by atoms with van der Waals surface area (Å²) in [4.78, 5) is 0. The van der Waals surface area contributed by atoms with Crippen LogP contribution in [0.3, 0.4) is 0 Å². The second kappa shape index (κ2) is 10.3. The molecule has 8 aromatic rings. The molecule has 0 N–H and O–H groups in total. The Morgan fingerprint density at radius 2 is 0.959 bits per heavy atom. The van der Waals surface area contributed by atoms with Crippen molar-refractivity contribution in [2.45, 2.75) is 38.5 Å². The van der Waals surface area contributed by atoms with Crippen molar-refractivity contribution in [2.24, 2.45) is 11.8 Å². The summed E-state index contributed by atoms with van der Waals surface area (Å²) in [5, 5.41) is 10.8. The Balaban J connectivity index is 1.10. The Bertz CT molecular complexity index is 2730. The largest absolute Gasteiger partial charge is 0.135 e. The maximum Gasteiger partial charge on any atom is 0.0355 e. The van der Waals surface area contributed by atoms with Gasteiger partial charge in [0, 0.05) is 20.2 Å². The predicted molar refractivity (Wildman–Crippen MR) is 214 cm³/mol. The molecular formula is C48H38S. The lowest BCUT2D eigenvalue weighted by Crippen LogP contribution is -2.48. The Hall–Kier alpha value is -4.98. The van der Waals surface area contributed by atoms with Gasteiger partial charge in [-0.15, -0.1) is 11.3 Å². The number of rotatable bonds is 2. The van der Waals surface area contributed by atoms with Crippen molar-refractivity contribution in [1.82, 2.24) is 0 Å². The molecule has 2 aliphatic carbocycles. The lowest BCUT2D eigenvalue weighted by molar-refractivity contribution is 0.191. The predicted octanol–water partition coefficient (Wildman–Crippen LogP) is 13.6. The Labute approximate surface area is 292 Å². The first kappa shape index (κ1) is 29.0. The lowest BCUT2D eigenvalue weighted by atomic mass is 9.51. The van der Waals surface area contributed by atoms with Crippen LogP contribution in [0, 0.1) is 11.8 Å². The molecule has 10 rings (SSSR count). The van der Waals surface area contributed by atoms with Crippen molar-refractivity contribution in [1.29, 1.82) is 0 Å². The van der Waals surface area contributed by atoms with E-state index in [1.807, 2.05) is 11.3 Å². The molecule has 0 amide bonds. The van der Waals surface area contributed by atoms with Crippen molar-refractivity contribution in [3.63, 3.8) is 0 Å². The molecule has 2 atom stereocenters. The van der Waals surface area contributed by atoms with Gasteiger partial charge in [-0.1, -0.05) is 137 Å². The van der Waals surface area contributed by atoms with E-state index in [2.05, 4.69) is 173 Å². The number of benzene rings is 7. The van der Waals surface area contributed by atoms with E-state index in [1.54, 1.807) is 0 Å². The third-order valence-corrected chi connectivity index (χ3v) is 13.2. The molecule has 49 heavy (non-hydrogen) atoms. The maximum atomic E-state index is 2.60. The molecule has 0 nitrogen and oxygen atoms in total. The average Bonchev–Trinajstić information content (AvgIpc) is 3.52. The molecule has 0 radical (unpaired) electrons. The van der Waals surface area contributed by atoms with Gasteiger partial charge in [-0.05, 0) is 125 Å². The molecule has 0 bridgehead atoms. The molecule has 0 spiro atoms. The molecule has 0 aliphatic heterocycles. The van der Waals surface area contributed by atoms with Crippen molar-refractivity contribution >= 4 is 69.4 Å². The van der Waals surface area contributed by atoms with Crippen molar-refractivity contribution < 1.29 is 0 Å². The highest BCUT2D eigenvalue weighted by atomic mass is 32.1. The van der Waals surface area contributed by atoms with Crippen LogP contribution in [0.2, 0.25) is 0 Å². The van der Waals surface area contributed by atoms with Crippen LogP contribution >= 0.6 is 11.3 Å². The minimum Gasteiger partial charge on any atom is -0.135 e. The molecule has 1 heteroatoms. The monoisotopic (exact) mass is 646 g/mol. The van der Waals surface area contributed by atoms with E-state index < -0.39 is 0 Å². The fourth-order valence-corrected chi connectivity index (χ4v) is 10.5. The zero-order chi connectivity index (χ0) is 33.1. The van der Waals surface area contributed by atoms with Gasteiger partial charge in [-0.2, -0.15) is 0 Å². The summed E-state index contributed by atoms with van der Waals surface area (Å²) >= 11 is 1.88. The van der Waals surface area contributed by atoms with Gasteiger partial charge in [0.15, 0.2) is 0 Å². The highest BCUT2D eigenvalue weighted by Crippen LogP contribution is 2.57. The quantitative estimate of drug-likeness (QED) is 0.164. The van der Waals surface area contributed by atoms with Crippen LogP contribution in [0.4, 0.5) is 0 Å². The van der Waals surface area contributed by atoms with E-state index in [1.165, 1.54) is 85.9 Å². The summed E-state index contributed by atoms with van der Waals surface area (Å²) in [6.07, 6.45) is 7.54. The van der Waals surface area contributed by atoms with Crippen molar-refractivity contribution in [2.75, 3.05) is 0 Å². The molecule has 1 heterocycles. The van der Waals surface area contributed by atoms with Crippen LogP contribution < -0.4 is 0 Å². The summed E-state index contributed by atoms with van der Waals surface area (Å²) in [6, 6.07) is 48.0. The molecular weight excluding hydrogens is 609 g/mol. The SMILES string of the molecule is CC1(C)c2cc3c4ccccc4c4ccccc4c3cc2C(C)(C)C2C=C(c3cccc(-c4ccc5sc6ccccc6c5c4)c3)C=CC21. The van der Waals surface area contributed by atoms with Crippen LogP contribution in [0.15, 0.2) is 146 Å². The van der Waals surface area contributed by atoms with E-state index >= 15 is 0 Å². The highest BCUT2D eigenvalue weighted by Gasteiger charge is 2.50. The number of hydrogen-bond donors (Lipinski definition) is 0. The Morgan fingerprint density at radius 3 is 1.63 bits per heavy atom. The molecule has 2 aliphatic rings. The fourth-order valence-electron chi connectivity index (χ4n) is 9.38. The lowest BCUT2D eigenvalue weighted by Gasteiger charge is -2.53. The minimum atomic E-state index is -0.0465. The fraction of sp³-hybridized carbons (Fsp3) is 0.167. The number of fused-ring (bicyclic) bond motifs is 11. The number of allylic oxidation sites excluding steroid dienone is 4. The van der Waals surface area contributed by atoms with Crippen LogP contribution in [-0.2, 0) is 10.8 Å². The van der Waals surface area contributed by atoms with Gasteiger partial charge in [0.2, 0.25) is 0 Å². The van der Waals surface area contributed by atoms with E-state index in [4.69, 9.17) is 0 Å². The summed E-state index contributed by atoms with van der Waals surface area (Å²) in [7, 11) is 0. The van der Waals surface area contributed by atoms with Gasteiger partial charge in [0.1, 0.15) is 0 Å². The Morgan fingerprint density at radius 1 is 0.429 bits per heavy atom. The molecule has 236 valence electrons. The molecule has 0 saturated heterocycles. The molecule has 0 saturated carbocycles. The van der Waals surface area contributed by atoms with Gasteiger partial charge in [-0.25, -0.2) is 0 Å².